The number of nitrogens with zero attached hydrogens (tertiary/aromatic N) is 2. The Bertz CT molecular complexity index is 1250. The van der Waals surface area contributed by atoms with Gasteiger partial charge in [0.1, 0.15) is 11.6 Å². The van der Waals surface area contributed by atoms with E-state index < -0.39 is 5.91 Å². The normalized spacial score (nSPS) is 11.2. The van der Waals surface area contributed by atoms with Gasteiger partial charge in [-0.3, -0.25) is 4.79 Å². The fourth-order valence-corrected chi connectivity index (χ4v) is 3.53. The maximum Gasteiger partial charge on any atom is 0.266 e. The number of aromatic nitrogens is 1. The summed E-state index contributed by atoms with van der Waals surface area (Å²) in [7, 11) is 2.00. The Morgan fingerprint density at radius 3 is 2.24 bits per heavy atom. The number of hydrogen-bond acceptors (Lipinski definition) is 2. The first-order valence-electron chi connectivity index (χ1n) is 9.30. The van der Waals surface area contributed by atoms with Crippen molar-refractivity contribution in [2.24, 2.45) is 7.05 Å². The van der Waals surface area contributed by atoms with Crippen LogP contribution < -0.4 is 5.32 Å². The predicted molar refractivity (Wildman–Crippen MR) is 117 cm³/mol. The molecule has 1 heterocycles. The minimum Gasteiger partial charge on any atom is -0.343 e. The Labute approximate surface area is 169 Å². The van der Waals surface area contributed by atoms with E-state index in [0.717, 1.165) is 27.7 Å². The van der Waals surface area contributed by atoms with Gasteiger partial charge in [0.2, 0.25) is 0 Å². The molecule has 4 rings (SSSR count). The summed E-state index contributed by atoms with van der Waals surface area (Å²) in [6.07, 6.45) is 1.68. The van der Waals surface area contributed by atoms with Gasteiger partial charge in [-0.25, -0.2) is 0 Å². The molecule has 3 aromatic carbocycles. The molecule has 4 heteroatoms. The molecular formula is C25H19N3O. The summed E-state index contributed by atoms with van der Waals surface area (Å²) < 4.78 is 2.10. The zero-order valence-corrected chi connectivity index (χ0v) is 16.0. The van der Waals surface area contributed by atoms with Gasteiger partial charge in [-0.2, -0.15) is 5.26 Å². The highest BCUT2D eigenvalue weighted by Gasteiger charge is 2.17. The average molecular weight is 377 g/mol. The summed E-state index contributed by atoms with van der Waals surface area (Å²) in [5, 5.41) is 13.5. The van der Waals surface area contributed by atoms with E-state index in [1.165, 1.54) is 0 Å². The van der Waals surface area contributed by atoms with Gasteiger partial charge in [0.05, 0.1) is 5.69 Å². The summed E-state index contributed by atoms with van der Waals surface area (Å²) in [4.78, 5) is 12.7. The lowest BCUT2D eigenvalue weighted by molar-refractivity contribution is -0.112. The Morgan fingerprint density at radius 2 is 1.55 bits per heavy atom. The van der Waals surface area contributed by atoms with Crippen molar-refractivity contribution < 1.29 is 4.79 Å². The maximum absolute atomic E-state index is 12.7. The second-order valence-corrected chi connectivity index (χ2v) is 6.69. The average Bonchev–Trinajstić information content (AvgIpc) is 3.05. The van der Waals surface area contributed by atoms with Gasteiger partial charge >= 0.3 is 0 Å². The summed E-state index contributed by atoms with van der Waals surface area (Å²) in [5.74, 6) is -0.425. The fraction of sp³-hybridized carbons (Fsp3) is 0.0400. The largest absolute Gasteiger partial charge is 0.343 e. The molecule has 0 atom stereocenters. The van der Waals surface area contributed by atoms with E-state index in [4.69, 9.17) is 0 Å². The zero-order valence-electron chi connectivity index (χ0n) is 16.0. The smallest absolute Gasteiger partial charge is 0.266 e. The number of carbonyl (C=O) groups is 1. The standard InChI is InChI=1S/C25H19N3O/c1-28-23-15-9-8-14-21(23)22(24(28)18-10-4-2-5-11-18)16-19(17-26)25(29)27-20-12-6-3-7-13-20/h2-16H,1H3,(H,27,29)/b19-16+. The lowest BCUT2D eigenvalue weighted by Gasteiger charge is -2.07. The molecule has 1 amide bonds. The Balaban J connectivity index is 1.86. The molecule has 0 bridgehead atoms. The van der Waals surface area contributed by atoms with Crippen molar-refractivity contribution in [3.63, 3.8) is 0 Å². The molecule has 0 saturated carbocycles. The van der Waals surface area contributed by atoms with Crippen LogP contribution in [0.2, 0.25) is 0 Å². The molecule has 4 nitrogen and oxygen atoms in total. The number of para-hydroxylation sites is 2. The quantitative estimate of drug-likeness (QED) is 0.383. The Kier molecular flexibility index (Phi) is 4.96. The van der Waals surface area contributed by atoms with Gasteiger partial charge in [-0.05, 0) is 29.8 Å². The second kappa shape index (κ2) is 7.87. The van der Waals surface area contributed by atoms with Crippen LogP contribution in [0.4, 0.5) is 5.69 Å². The number of nitrogens with one attached hydrogen (secondary N) is 1. The molecule has 1 N–H and O–H groups in total. The van der Waals surface area contributed by atoms with Crippen molar-refractivity contribution in [2.75, 3.05) is 5.32 Å². The molecule has 0 saturated heterocycles. The molecule has 0 aliphatic rings. The predicted octanol–water partition coefficient (Wildman–Crippen LogP) is 5.39. The van der Waals surface area contributed by atoms with Gasteiger partial charge < -0.3 is 9.88 Å². The van der Waals surface area contributed by atoms with Gasteiger partial charge in [0.25, 0.3) is 5.91 Å². The van der Waals surface area contributed by atoms with Gasteiger partial charge in [0, 0.05) is 29.2 Å². The van der Waals surface area contributed by atoms with Crippen LogP contribution in [0.1, 0.15) is 5.56 Å². The molecule has 0 spiro atoms. The molecule has 0 aliphatic heterocycles. The van der Waals surface area contributed by atoms with Gasteiger partial charge in [-0.1, -0.05) is 66.7 Å². The summed E-state index contributed by atoms with van der Waals surface area (Å²) >= 11 is 0. The molecule has 140 valence electrons. The highest BCUT2D eigenvalue weighted by Crippen LogP contribution is 2.34. The van der Waals surface area contributed by atoms with Crippen LogP contribution in [0.3, 0.4) is 0 Å². The van der Waals surface area contributed by atoms with Crippen molar-refractivity contribution in [1.82, 2.24) is 4.57 Å². The SMILES string of the molecule is Cn1c(-c2ccccc2)c(/C=C(\C#N)C(=O)Nc2ccccc2)c2ccccc21. The van der Waals surface area contributed by atoms with E-state index in [1.807, 2.05) is 79.8 Å². The Hall–Kier alpha value is -4.10. The monoisotopic (exact) mass is 377 g/mol. The first-order valence-corrected chi connectivity index (χ1v) is 9.30. The molecule has 29 heavy (non-hydrogen) atoms. The van der Waals surface area contributed by atoms with Crippen molar-refractivity contribution in [1.29, 1.82) is 5.26 Å². The third-order valence-electron chi connectivity index (χ3n) is 4.88. The number of benzene rings is 3. The summed E-state index contributed by atoms with van der Waals surface area (Å²) in [6, 6.07) is 29.2. The van der Waals surface area contributed by atoms with E-state index in [1.54, 1.807) is 18.2 Å². The topological polar surface area (TPSA) is 57.8 Å². The van der Waals surface area contributed by atoms with Crippen LogP contribution in [-0.2, 0) is 11.8 Å². The third-order valence-corrected chi connectivity index (χ3v) is 4.88. The maximum atomic E-state index is 12.7. The molecule has 0 unspecified atom stereocenters. The highest BCUT2D eigenvalue weighted by atomic mass is 16.1. The highest BCUT2D eigenvalue weighted by molar-refractivity contribution is 6.12. The molecule has 1 aromatic heterocycles. The van der Waals surface area contributed by atoms with Crippen molar-refractivity contribution in [3.05, 3.63) is 96.1 Å². The number of carbonyl (C=O) groups excluding carboxylic acids is 1. The first-order chi connectivity index (χ1) is 14.2. The van der Waals surface area contributed by atoms with Crippen LogP contribution >= 0.6 is 0 Å². The number of rotatable bonds is 4. The lowest BCUT2D eigenvalue weighted by atomic mass is 10.0. The molecule has 0 fully saturated rings. The van der Waals surface area contributed by atoms with Crippen LogP contribution in [0.5, 0.6) is 0 Å². The Morgan fingerprint density at radius 1 is 0.931 bits per heavy atom. The number of anilines is 1. The van der Waals surface area contributed by atoms with E-state index in [2.05, 4.69) is 16.0 Å². The minimum absolute atomic E-state index is 0.0578. The fourth-order valence-electron chi connectivity index (χ4n) is 3.53. The van der Waals surface area contributed by atoms with E-state index in [-0.39, 0.29) is 5.57 Å². The molecule has 0 radical (unpaired) electrons. The summed E-state index contributed by atoms with van der Waals surface area (Å²) in [6.45, 7) is 0. The first kappa shape index (κ1) is 18.3. The lowest BCUT2D eigenvalue weighted by Crippen LogP contribution is -2.13. The second-order valence-electron chi connectivity index (χ2n) is 6.69. The zero-order chi connectivity index (χ0) is 20.2. The molecule has 4 aromatic rings. The third kappa shape index (κ3) is 3.54. The number of aryl methyl sites for hydroxylation is 1. The number of fused-ring (bicyclic) bond motifs is 1. The van der Waals surface area contributed by atoms with Crippen LogP contribution in [-0.4, -0.2) is 10.5 Å². The van der Waals surface area contributed by atoms with Crippen molar-refractivity contribution in [2.45, 2.75) is 0 Å². The van der Waals surface area contributed by atoms with E-state index in [9.17, 15) is 10.1 Å². The van der Waals surface area contributed by atoms with Crippen LogP contribution in [0.25, 0.3) is 28.2 Å². The van der Waals surface area contributed by atoms with E-state index >= 15 is 0 Å². The van der Waals surface area contributed by atoms with Crippen LogP contribution in [0, 0.1) is 11.3 Å². The van der Waals surface area contributed by atoms with Crippen LogP contribution in [0.15, 0.2) is 90.5 Å². The summed E-state index contributed by atoms with van der Waals surface area (Å²) in [5.41, 5.74) is 4.60. The van der Waals surface area contributed by atoms with Gasteiger partial charge in [-0.15, -0.1) is 0 Å². The minimum atomic E-state index is -0.425. The van der Waals surface area contributed by atoms with E-state index in [0.29, 0.717) is 5.69 Å². The molecular weight excluding hydrogens is 358 g/mol. The number of hydrogen-bond donors (Lipinski definition) is 1. The van der Waals surface area contributed by atoms with Gasteiger partial charge in [0.15, 0.2) is 0 Å². The number of amides is 1. The number of nitriles is 1. The van der Waals surface area contributed by atoms with Crippen molar-refractivity contribution >= 4 is 28.6 Å². The van der Waals surface area contributed by atoms with Crippen molar-refractivity contribution in [3.8, 4) is 17.3 Å². The molecule has 0 aliphatic carbocycles.